The largest absolute Gasteiger partial charge is 0.445 e. The molecule has 0 N–H and O–H groups in total. The number of hydrogen-bond donors (Lipinski definition) is 0. The van der Waals surface area contributed by atoms with Crippen LogP contribution in [0.25, 0.3) is 34.7 Å². The summed E-state index contributed by atoms with van der Waals surface area (Å²) in [5.74, 6) is -4.18. The highest BCUT2D eigenvalue weighted by atomic mass is 19.1. The summed E-state index contributed by atoms with van der Waals surface area (Å²) in [5, 5.41) is 8.55. The van der Waals surface area contributed by atoms with Crippen molar-refractivity contribution < 1.29 is 36.8 Å². The summed E-state index contributed by atoms with van der Waals surface area (Å²) in [7, 11) is 0. The van der Waals surface area contributed by atoms with Crippen LogP contribution in [0.15, 0.2) is 121 Å². The molecule has 2 fully saturated rings. The number of rotatable bonds is 12. The lowest BCUT2D eigenvalue weighted by Crippen LogP contribution is -2.36. The predicted octanol–water partition coefficient (Wildman–Crippen LogP) is 8.02. The zero-order valence-corrected chi connectivity index (χ0v) is 33.9. The molecule has 10 nitrogen and oxygen atoms in total. The first kappa shape index (κ1) is 42.1. The molecule has 6 aromatic rings. The molecule has 0 aliphatic carbocycles. The topological polar surface area (TPSA) is 94.7 Å². The van der Waals surface area contributed by atoms with Crippen LogP contribution in [0.2, 0.25) is 0 Å². The molecular weight excluding hydrogens is 801 g/mol. The van der Waals surface area contributed by atoms with Crippen molar-refractivity contribution in [1.82, 2.24) is 29.7 Å². The van der Waals surface area contributed by atoms with Crippen molar-refractivity contribution in [3.63, 3.8) is 0 Å². The SMILES string of the molecule is O=C(On1ncc(CCN2CCC(=Cc3ccccc3F)CC2)c1-c1ccc(F)cc1)C(=O)On1ncc(CCN2CCC(=Cc3ccccc3F)CC2)c1-c1ccc(F)cc1. The van der Waals surface area contributed by atoms with Crippen molar-refractivity contribution in [2.24, 2.45) is 0 Å². The Balaban J connectivity index is 0.928. The van der Waals surface area contributed by atoms with Crippen LogP contribution in [0.3, 0.4) is 0 Å². The minimum Gasteiger partial charge on any atom is -0.307 e. The minimum atomic E-state index is -1.39. The van der Waals surface area contributed by atoms with Gasteiger partial charge >= 0.3 is 11.9 Å². The van der Waals surface area contributed by atoms with Gasteiger partial charge in [0.05, 0.1) is 12.4 Å². The van der Waals surface area contributed by atoms with Gasteiger partial charge in [0.25, 0.3) is 0 Å². The Morgan fingerprint density at radius 2 is 0.903 bits per heavy atom. The fourth-order valence-electron chi connectivity index (χ4n) is 7.87. The van der Waals surface area contributed by atoms with Gasteiger partial charge in [-0.15, -0.1) is 10.2 Å². The van der Waals surface area contributed by atoms with Crippen LogP contribution in [0, 0.1) is 23.3 Å². The van der Waals surface area contributed by atoms with Crippen molar-refractivity contribution in [3.05, 3.63) is 166 Å². The zero-order chi connectivity index (χ0) is 43.0. The van der Waals surface area contributed by atoms with Gasteiger partial charge in [0, 0.05) is 72.6 Å². The lowest BCUT2D eigenvalue weighted by Gasteiger charge is -2.28. The summed E-state index contributed by atoms with van der Waals surface area (Å²) in [5.41, 5.74) is 6.64. The number of nitrogens with zero attached hydrogens (tertiary/aromatic N) is 6. The highest BCUT2D eigenvalue weighted by Gasteiger charge is 2.27. The number of carbonyl (C=O) groups is 2. The van der Waals surface area contributed by atoms with Gasteiger partial charge in [0.2, 0.25) is 0 Å². The van der Waals surface area contributed by atoms with E-state index in [1.54, 1.807) is 36.7 Å². The molecule has 4 heterocycles. The second-order valence-corrected chi connectivity index (χ2v) is 15.4. The molecule has 2 aliphatic heterocycles. The Kier molecular flexibility index (Phi) is 13.2. The van der Waals surface area contributed by atoms with E-state index in [0.29, 0.717) is 70.7 Å². The first-order valence-electron chi connectivity index (χ1n) is 20.6. The van der Waals surface area contributed by atoms with Crippen LogP contribution < -0.4 is 9.68 Å². The van der Waals surface area contributed by atoms with E-state index in [-0.39, 0.29) is 11.6 Å². The minimum absolute atomic E-state index is 0.250. The van der Waals surface area contributed by atoms with Crippen molar-refractivity contribution in [2.75, 3.05) is 39.3 Å². The molecule has 2 aliphatic rings. The highest BCUT2D eigenvalue weighted by molar-refractivity contribution is 6.30. The molecule has 2 aromatic heterocycles. The molecule has 318 valence electrons. The molecule has 0 radical (unpaired) electrons. The van der Waals surface area contributed by atoms with Gasteiger partial charge in [0.1, 0.15) is 34.7 Å². The Bertz CT molecular complexity index is 2400. The average molecular weight is 845 g/mol. The fourth-order valence-corrected chi connectivity index (χ4v) is 7.87. The Morgan fingerprint density at radius 3 is 1.27 bits per heavy atom. The van der Waals surface area contributed by atoms with Crippen LogP contribution in [-0.2, 0) is 22.4 Å². The van der Waals surface area contributed by atoms with Crippen LogP contribution in [-0.4, -0.2) is 80.9 Å². The second-order valence-electron chi connectivity index (χ2n) is 15.4. The summed E-state index contributed by atoms with van der Waals surface area (Å²) in [6.07, 6.45) is 11.1. The summed E-state index contributed by atoms with van der Waals surface area (Å²) in [6.45, 7) is 4.36. The lowest BCUT2D eigenvalue weighted by atomic mass is 10.00. The molecule has 0 amide bonds. The quantitative estimate of drug-likeness (QED) is 0.0904. The second kappa shape index (κ2) is 19.4. The summed E-state index contributed by atoms with van der Waals surface area (Å²) in [6, 6.07) is 24.6. The molecule has 0 spiro atoms. The zero-order valence-electron chi connectivity index (χ0n) is 33.9. The molecule has 0 unspecified atom stereocenters. The van der Waals surface area contributed by atoms with E-state index >= 15 is 0 Å². The van der Waals surface area contributed by atoms with E-state index in [4.69, 9.17) is 9.68 Å². The predicted molar refractivity (Wildman–Crippen MR) is 226 cm³/mol. The van der Waals surface area contributed by atoms with Gasteiger partial charge in [-0.25, -0.2) is 27.2 Å². The van der Waals surface area contributed by atoms with Crippen LogP contribution in [0.4, 0.5) is 17.6 Å². The van der Waals surface area contributed by atoms with Crippen LogP contribution in [0.1, 0.15) is 47.9 Å². The molecule has 2 saturated heterocycles. The standard InChI is InChI=1S/C48H44F4N6O4/c49-41-13-9-35(10-14-41)45-39(21-27-55-23-17-33(18-24-55)29-37-5-1-3-7-43(37)51)31-53-57(45)61-47(59)48(60)62-58-46(36-11-15-42(50)16-12-36)40(32-54-58)22-28-56-25-19-34(20-26-56)30-38-6-2-4-8-44(38)52/h1-16,29-32H,17-28H2. The maximum atomic E-state index is 14.2. The maximum Gasteiger partial charge on any atom is 0.445 e. The van der Waals surface area contributed by atoms with Gasteiger partial charge in [-0.1, -0.05) is 69.4 Å². The Labute approximate surface area is 356 Å². The number of piperidine rings is 2. The number of likely N-dealkylation sites (tertiary alicyclic amines) is 2. The first-order chi connectivity index (χ1) is 30.2. The molecule has 0 bridgehead atoms. The van der Waals surface area contributed by atoms with E-state index in [1.165, 1.54) is 71.8 Å². The van der Waals surface area contributed by atoms with Crippen LogP contribution in [0.5, 0.6) is 0 Å². The molecule has 0 saturated carbocycles. The smallest absolute Gasteiger partial charge is 0.307 e. The molecule has 4 aromatic carbocycles. The van der Waals surface area contributed by atoms with Gasteiger partial charge in [-0.3, -0.25) is 0 Å². The normalized spacial score (nSPS) is 14.8. The third-order valence-electron chi connectivity index (χ3n) is 11.3. The van der Waals surface area contributed by atoms with Crippen molar-refractivity contribution in [1.29, 1.82) is 0 Å². The van der Waals surface area contributed by atoms with Crippen LogP contribution >= 0.6 is 0 Å². The molecular formula is C48H44F4N6O4. The van der Waals surface area contributed by atoms with Gasteiger partial charge < -0.3 is 19.5 Å². The average Bonchev–Trinajstić information content (AvgIpc) is 3.88. The molecule has 62 heavy (non-hydrogen) atoms. The van der Waals surface area contributed by atoms with E-state index in [0.717, 1.165) is 61.6 Å². The summed E-state index contributed by atoms with van der Waals surface area (Å²) in [4.78, 5) is 44.1. The van der Waals surface area contributed by atoms with Crippen molar-refractivity contribution in [3.8, 4) is 22.5 Å². The third kappa shape index (κ3) is 10.3. The molecule has 14 heteroatoms. The molecule has 8 rings (SSSR count). The number of aromatic nitrogens is 4. The number of benzene rings is 4. The fraction of sp³-hybridized carbons (Fsp3) is 0.250. The van der Waals surface area contributed by atoms with E-state index in [2.05, 4.69) is 20.0 Å². The first-order valence-corrected chi connectivity index (χ1v) is 20.6. The summed E-state index contributed by atoms with van der Waals surface area (Å²) < 4.78 is 56.4. The van der Waals surface area contributed by atoms with E-state index in [9.17, 15) is 27.2 Å². The van der Waals surface area contributed by atoms with Gasteiger partial charge in [-0.2, -0.15) is 0 Å². The molecule has 0 atom stereocenters. The lowest BCUT2D eigenvalue weighted by molar-refractivity contribution is -0.169. The highest BCUT2D eigenvalue weighted by Crippen LogP contribution is 2.28. The summed E-state index contributed by atoms with van der Waals surface area (Å²) >= 11 is 0. The maximum absolute atomic E-state index is 14.2. The Morgan fingerprint density at radius 1 is 0.532 bits per heavy atom. The monoisotopic (exact) mass is 844 g/mol. The van der Waals surface area contributed by atoms with Crippen molar-refractivity contribution >= 4 is 24.1 Å². The number of hydrogen-bond acceptors (Lipinski definition) is 8. The Hall–Kier alpha value is -6.64. The van der Waals surface area contributed by atoms with Gasteiger partial charge in [-0.05, 0) is 99.2 Å². The van der Waals surface area contributed by atoms with E-state index < -0.39 is 23.6 Å². The van der Waals surface area contributed by atoms with Crippen molar-refractivity contribution in [2.45, 2.75) is 38.5 Å². The number of halogens is 4. The number of carbonyl (C=O) groups excluding carboxylic acids is 2. The van der Waals surface area contributed by atoms with Gasteiger partial charge in [0.15, 0.2) is 0 Å². The third-order valence-corrected chi connectivity index (χ3v) is 11.3. The van der Waals surface area contributed by atoms with E-state index in [1.807, 2.05) is 24.3 Å².